The highest BCUT2D eigenvalue weighted by atomic mass is 35.5. The van der Waals surface area contributed by atoms with E-state index >= 15 is 0 Å². The number of carbonyl (C=O) groups excluding carboxylic acids is 2. The number of nitrogens with zero attached hydrogens (tertiary/aromatic N) is 2. The molecular formula is C29H21ClN2O6. The lowest BCUT2D eigenvalue weighted by Gasteiger charge is -2.34. The predicted molar refractivity (Wildman–Crippen MR) is 140 cm³/mol. The molecule has 1 spiro atoms. The van der Waals surface area contributed by atoms with Crippen LogP contribution in [0.15, 0.2) is 69.9 Å². The second kappa shape index (κ2) is 8.10. The van der Waals surface area contributed by atoms with E-state index in [1.54, 1.807) is 35.2 Å². The minimum atomic E-state index is -1.69. The molecule has 38 heavy (non-hydrogen) atoms. The zero-order chi connectivity index (χ0) is 26.2. The van der Waals surface area contributed by atoms with E-state index in [0.29, 0.717) is 46.3 Å². The maximum absolute atomic E-state index is 14.5. The first-order valence-corrected chi connectivity index (χ1v) is 12.7. The average molecular weight is 529 g/mol. The summed E-state index contributed by atoms with van der Waals surface area (Å²) >= 11 is 6.22. The van der Waals surface area contributed by atoms with Gasteiger partial charge in [-0.05, 0) is 48.4 Å². The fraction of sp³-hybridized carbons (Fsp3) is 0.207. The maximum atomic E-state index is 14.5. The highest BCUT2D eigenvalue weighted by Gasteiger charge is 2.64. The zero-order valence-corrected chi connectivity index (χ0v) is 21.1. The molecule has 0 bridgehead atoms. The number of para-hydroxylation sites is 1. The fourth-order valence-corrected chi connectivity index (χ4v) is 6.02. The van der Waals surface area contributed by atoms with Crippen molar-refractivity contribution in [2.45, 2.75) is 25.4 Å². The van der Waals surface area contributed by atoms with Gasteiger partial charge in [0.2, 0.25) is 12.6 Å². The Morgan fingerprint density at radius 2 is 1.79 bits per heavy atom. The first-order valence-electron chi connectivity index (χ1n) is 12.3. The molecule has 0 saturated carbocycles. The molecule has 3 aromatic carbocycles. The van der Waals surface area contributed by atoms with Crippen molar-refractivity contribution in [2.24, 2.45) is 0 Å². The van der Waals surface area contributed by atoms with E-state index < -0.39 is 16.9 Å². The van der Waals surface area contributed by atoms with E-state index in [2.05, 4.69) is 0 Å². The first kappa shape index (κ1) is 22.9. The van der Waals surface area contributed by atoms with E-state index in [1.165, 1.54) is 11.0 Å². The fourth-order valence-electron chi connectivity index (χ4n) is 5.85. The number of fused-ring (bicyclic) bond motifs is 6. The Labute approximate surface area is 221 Å². The summed E-state index contributed by atoms with van der Waals surface area (Å²) in [5.41, 5.74) is 0.0675. The summed E-state index contributed by atoms with van der Waals surface area (Å²) < 4.78 is 17.0. The summed E-state index contributed by atoms with van der Waals surface area (Å²) in [6.07, 6.45) is 0.695. The SMILES string of the molecule is CCCN1C(=O)C2(c3ccccc31)c1c(oc3ccc(Cl)cc3c1=O)C(=O)N2Cc1ccc2c(c1)OCO2. The summed E-state index contributed by atoms with van der Waals surface area (Å²) in [5.74, 6) is 0.138. The van der Waals surface area contributed by atoms with E-state index in [4.69, 9.17) is 25.5 Å². The van der Waals surface area contributed by atoms with Crippen molar-refractivity contribution in [2.75, 3.05) is 18.2 Å². The van der Waals surface area contributed by atoms with Gasteiger partial charge < -0.3 is 23.7 Å². The molecule has 1 aromatic heterocycles. The van der Waals surface area contributed by atoms with Crippen molar-refractivity contribution < 1.29 is 23.5 Å². The zero-order valence-electron chi connectivity index (χ0n) is 20.3. The van der Waals surface area contributed by atoms with Gasteiger partial charge in [-0.15, -0.1) is 0 Å². The minimum absolute atomic E-state index is 0.0223. The van der Waals surface area contributed by atoms with E-state index in [0.717, 1.165) is 0 Å². The number of hydrogen-bond donors (Lipinski definition) is 0. The van der Waals surface area contributed by atoms with Crippen molar-refractivity contribution in [3.05, 3.63) is 98.4 Å². The van der Waals surface area contributed by atoms with Crippen molar-refractivity contribution in [1.29, 1.82) is 0 Å². The minimum Gasteiger partial charge on any atom is -0.454 e. The van der Waals surface area contributed by atoms with Gasteiger partial charge in [0.15, 0.2) is 22.5 Å². The molecule has 2 amide bonds. The molecular weight excluding hydrogens is 508 g/mol. The average Bonchev–Trinajstić information content (AvgIpc) is 3.55. The topological polar surface area (TPSA) is 89.3 Å². The lowest BCUT2D eigenvalue weighted by molar-refractivity contribution is -0.126. The van der Waals surface area contributed by atoms with Crippen LogP contribution in [0.5, 0.6) is 11.5 Å². The monoisotopic (exact) mass is 528 g/mol. The Hall–Kier alpha value is -4.30. The van der Waals surface area contributed by atoms with Gasteiger partial charge in [0.1, 0.15) is 5.58 Å². The molecule has 3 aliphatic rings. The third-order valence-corrected chi connectivity index (χ3v) is 7.66. The predicted octanol–water partition coefficient (Wildman–Crippen LogP) is 4.83. The number of anilines is 1. The van der Waals surface area contributed by atoms with Crippen molar-refractivity contribution in [1.82, 2.24) is 4.90 Å². The third kappa shape index (κ3) is 2.89. The second-order valence-corrected chi connectivity index (χ2v) is 9.98. The quantitative estimate of drug-likeness (QED) is 0.377. The van der Waals surface area contributed by atoms with Crippen LogP contribution in [-0.4, -0.2) is 30.1 Å². The highest BCUT2D eigenvalue weighted by molar-refractivity contribution is 6.31. The van der Waals surface area contributed by atoms with Crippen molar-refractivity contribution in [3.8, 4) is 11.5 Å². The maximum Gasteiger partial charge on any atom is 0.291 e. The number of rotatable bonds is 4. The van der Waals surface area contributed by atoms with Crippen LogP contribution < -0.4 is 19.8 Å². The molecule has 190 valence electrons. The molecule has 0 fully saturated rings. The second-order valence-electron chi connectivity index (χ2n) is 9.54. The van der Waals surface area contributed by atoms with Crippen LogP contribution >= 0.6 is 11.6 Å². The number of hydrogen-bond acceptors (Lipinski definition) is 6. The van der Waals surface area contributed by atoms with Gasteiger partial charge in [0.25, 0.3) is 11.8 Å². The standard InChI is InChI=1S/C29H21ClN2O6/c1-2-11-31-20-6-4-3-5-19(20)29(28(31)35)24-25(33)18-13-17(30)8-10-21(18)38-26(24)27(34)32(29)14-16-7-9-22-23(12-16)37-15-36-22/h3-10,12-13H,2,11,14-15H2,1H3. The molecule has 1 atom stereocenters. The first-order chi connectivity index (χ1) is 18.4. The van der Waals surface area contributed by atoms with E-state index in [9.17, 15) is 14.4 Å². The number of amides is 2. The Morgan fingerprint density at radius 3 is 2.63 bits per heavy atom. The summed E-state index contributed by atoms with van der Waals surface area (Å²) in [6.45, 7) is 2.56. The van der Waals surface area contributed by atoms with Gasteiger partial charge >= 0.3 is 0 Å². The number of benzene rings is 3. The molecule has 0 N–H and O–H groups in total. The molecule has 1 unspecified atom stereocenters. The summed E-state index contributed by atoms with van der Waals surface area (Å²) in [4.78, 5) is 45.9. The molecule has 3 aliphatic heterocycles. The van der Waals surface area contributed by atoms with Gasteiger partial charge in [-0.3, -0.25) is 14.4 Å². The lowest BCUT2D eigenvalue weighted by Crippen LogP contribution is -2.53. The van der Waals surface area contributed by atoms with E-state index in [-0.39, 0.29) is 41.5 Å². The number of carbonyl (C=O) groups is 2. The molecule has 4 aromatic rings. The Kier molecular flexibility index (Phi) is 4.87. The normalized spacial score (nSPS) is 19.1. The van der Waals surface area contributed by atoms with Gasteiger partial charge in [-0.25, -0.2) is 0 Å². The summed E-state index contributed by atoms with van der Waals surface area (Å²) in [6, 6.07) is 17.3. The molecule has 8 nitrogen and oxygen atoms in total. The van der Waals surface area contributed by atoms with Crippen LogP contribution in [0.2, 0.25) is 5.02 Å². The van der Waals surface area contributed by atoms with E-state index in [1.807, 2.05) is 31.2 Å². The third-order valence-electron chi connectivity index (χ3n) is 7.42. The van der Waals surface area contributed by atoms with Crippen LogP contribution in [0.25, 0.3) is 11.0 Å². The summed E-state index contributed by atoms with van der Waals surface area (Å²) in [5, 5.41) is 0.568. The van der Waals surface area contributed by atoms with Crippen LogP contribution in [0, 0.1) is 0 Å². The van der Waals surface area contributed by atoms with Gasteiger partial charge in [0, 0.05) is 23.7 Å². The van der Waals surface area contributed by atoms with Crippen LogP contribution in [0.4, 0.5) is 5.69 Å². The smallest absolute Gasteiger partial charge is 0.291 e. The van der Waals surface area contributed by atoms with Gasteiger partial charge in [0.05, 0.1) is 16.6 Å². The molecule has 9 heteroatoms. The number of ether oxygens (including phenoxy) is 2. The number of halogens is 1. The summed E-state index contributed by atoms with van der Waals surface area (Å²) in [7, 11) is 0. The Balaban J connectivity index is 1.52. The molecule has 0 aliphatic carbocycles. The van der Waals surface area contributed by atoms with Gasteiger partial charge in [-0.2, -0.15) is 0 Å². The van der Waals surface area contributed by atoms with Crippen LogP contribution in [0.3, 0.4) is 0 Å². The largest absolute Gasteiger partial charge is 0.454 e. The Morgan fingerprint density at radius 1 is 0.974 bits per heavy atom. The lowest BCUT2D eigenvalue weighted by atomic mass is 9.83. The van der Waals surface area contributed by atoms with Crippen LogP contribution in [-0.2, 0) is 16.9 Å². The molecule has 7 rings (SSSR count). The highest BCUT2D eigenvalue weighted by Crippen LogP contribution is 2.53. The molecule has 0 saturated heterocycles. The van der Waals surface area contributed by atoms with Crippen molar-refractivity contribution >= 4 is 40.1 Å². The molecule has 0 radical (unpaired) electrons. The van der Waals surface area contributed by atoms with Crippen molar-refractivity contribution in [3.63, 3.8) is 0 Å². The van der Waals surface area contributed by atoms with Gasteiger partial charge in [-0.1, -0.05) is 42.8 Å². The Bertz CT molecular complexity index is 1750. The van der Waals surface area contributed by atoms with Crippen LogP contribution in [0.1, 0.15) is 40.6 Å². The molecule has 4 heterocycles.